The first-order valence-electron chi connectivity index (χ1n) is 12.8. The number of phenols is 1. The predicted molar refractivity (Wildman–Crippen MR) is 140 cm³/mol. The molecular weight excluding hydrogens is 472 g/mol. The summed E-state index contributed by atoms with van der Waals surface area (Å²) in [5.74, 6) is -1.24. The summed E-state index contributed by atoms with van der Waals surface area (Å²) in [6, 6.07) is 17.3. The van der Waals surface area contributed by atoms with Crippen LogP contribution in [0.25, 0.3) is 0 Å². The van der Waals surface area contributed by atoms with Gasteiger partial charge in [-0.15, -0.1) is 0 Å². The number of ether oxygens (including phenoxy) is 2. The third-order valence-electron chi connectivity index (χ3n) is 7.28. The van der Waals surface area contributed by atoms with Crippen molar-refractivity contribution in [2.75, 3.05) is 26.2 Å². The van der Waals surface area contributed by atoms with E-state index < -0.39 is 18.2 Å². The molecule has 2 N–H and O–H groups in total. The minimum absolute atomic E-state index is 0.0746. The molecule has 200 valence electrons. The molecule has 0 radical (unpaired) electrons. The molecule has 4 atom stereocenters. The fraction of sp³-hybridized carbons (Fsp3) is 0.483. The molecule has 2 aromatic carbocycles. The van der Waals surface area contributed by atoms with E-state index in [0.29, 0.717) is 18.9 Å². The quantitative estimate of drug-likeness (QED) is 0.373. The standard InChI is InChI=1S/C29H38N2O6/c1-20-18-31(14-13-29(20,4)25-11-8-12-26(33)16-25)19-24(15-23-9-6-5-7-10-23)28(35)30-17-27(34)37-22(3)36-21(2)32/h5-12,16,20,22,24,33H,13-15,17-19H2,1-4H3,(H,30,35). The number of rotatable bonds is 10. The van der Waals surface area contributed by atoms with Crippen LogP contribution >= 0.6 is 0 Å². The Morgan fingerprint density at radius 2 is 1.86 bits per heavy atom. The van der Waals surface area contributed by atoms with Gasteiger partial charge in [-0.1, -0.05) is 56.3 Å². The van der Waals surface area contributed by atoms with Crippen molar-refractivity contribution in [2.24, 2.45) is 11.8 Å². The predicted octanol–water partition coefficient (Wildman–Crippen LogP) is 3.42. The lowest BCUT2D eigenvalue weighted by atomic mass is 9.68. The first-order valence-corrected chi connectivity index (χ1v) is 12.8. The molecule has 1 saturated heterocycles. The number of carbonyl (C=O) groups excluding carboxylic acids is 3. The maximum absolute atomic E-state index is 13.2. The molecule has 0 spiro atoms. The van der Waals surface area contributed by atoms with E-state index in [4.69, 9.17) is 9.47 Å². The summed E-state index contributed by atoms with van der Waals surface area (Å²) in [6.45, 7) is 9.00. The molecule has 1 aliphatic heterocycles. The summed E-state index contributed by atoms with van der Waals surface area (Å²) < 4.78 is 9.83. The lowest BCUT2D eigenvalue weighted by Crippen LogP contribution is -2.50. The van der Waals surface area contributed by atoms with Crippen LogP contribution in [0.5, 0.6) is 5.75 Å². The Morgan fingerprint density at radius 3 is 2.51 bits per heavy atom. The Kier molecular flexibility index (Phi) is 9.69. The Hall–Kier alpha value is -3.39. The van der Waals surface area contributed by atoms with Crippen molar-refractivity contribution >= 4 is 17.8 Å². The molecule has 8 heteroatoms. The van der Waals surface area contributed by atoms with Crippen LogP contribution in [0.15, 0.2) is 54.6 Å². The number of aromatic hydroxyl groups is 1. The monoisotopic (exact) mass is 510 g/mol. The molecule has 4 unspecified atom stereocenters. The fourth-order valence-electron chi connectivity index (χ4n) is 5.01. The van der Waals surface area contributed by atoms with Crippen LogP contribution in [0, 0.1) is 11.8 Å². The molecule has 0 aliphatic carbocycles. The van der Waals surface area contributed by atoms with Crippen LogP contribution < -0.4 is 5.32 Å². The third kappa shape index (κ3) is 8.05. The van der Waals surface area contributed by atoms with E-state index in [2.05, 4.69) is 30.1 Å². The van der Waals surface area contributed by atoms with E-state index in [1.165, 1.54) is 13.8 Å². The van der Waals surface area contributed by atoms with Gasteiger partial charge in [0.15, 0.2) is 0 Å². The van der Waals surface area contributed by atoms with Gasteiger partial charge in [0.05, 0.1) is 5.92 Å². The second-order valence-electron chi connectivity index (χ2n) is 10.1. The highest BCUT2D eigenvalue weighted by Crippen LogP contribution is 2.40. The summed E-state index contributed by atoms with van der Waals surface area (Å²) in [7, 11) is 0. The van der Waals surface area contributed by atoms with Gasteiger partial charge < -0.3 is 24.8 Å². The van der Waals surface area contributed by atoms with E-state index in [9.17, 15) is 19.5 Å². The van der Waals surface area contributed by atoms with Crippen molar-refractivity contribution < 1.29 is 29.0 Å². The molecule has 1 heterocycles. The number of piperidine rings is 1. The molecule has 1 fully saturated rings. The van der Waals surface area contributed by atoms with E-state index in [-0.39, 0.29) is 29.5 Å². The van der Waals surface area contributed by atoms with Gasteiger partial charge in [-0.2, -0.15) is 0 Å². The molecule has 0 aromatic heterocycles. The Bertz CT molecular complexity index is 1080. The minimum Gasteiger partial charge on any atom is -0.508 e. The van der Waals surface area contributed by atoms with Crippen molar-refractivity contribution in [1.82, 2.24) is 10.2 Å². The largest absolute Gasteiger partial charge is 0.508 e. The maximum Gasteiger partial charge on any atom is 0.328 e. The molecule has 1 aliphatic rings. The number of hydrogen-bond donors (Lipinski definition) is 2. The SMILES string of the molecule is CC(=O)OC(C)OC(=O)CNC(=O)C(Cc1ccccc1)CN1CCC(C)(c2cccc(O)c2)C(C)C1. The number of likely N-dealkylation sites (tertiary alicyclic amines) is 1. The molecule has 3 rings (SSSR count). The average Bonchev–Trinajstić information content (AvgIpc) is 2.84. The first-order chi connectivity index (χ1) is 17.6. The number of phenolic OH excluding ortho intramolecular Hbond substituents is 1. The molecule has 8 nitrogen and oxygen atoms in total. The van der Waals surface area contributed by atoms with E-state index in [1.807, 2.05) is 42.5 Å². The van der Waals surface area contributed by atoms with E-state index >= 15 is 0 Å². The van der Waals surface area contributed by atoms with Gasteiger partial charge in [0, 0.05) is 26.9 Å². The van der Waals surface area contributed by atoms with Gasteiger partial charge >= 0.3 is 11.9 Å². The summed E-state index contributed by atoms with van der Waals surface area (Å²) >= 11 is 0. The van der Waals surface area contributed by atoms with E-state index in [1.54, 1.807) is 6.07 Å². The van der Waals surface area contributed by atoms with E-state index in [0.717, 1.165) is 30.6 Å². The smallest absolute Gasteiger partial charge is 0.328 e. The summed E-state index contributed by atoms with van der Waals surface area (Å²) in [4.78, 5) is 38.6. The molecular formula is C29H38N2O6. The second kappa shape index (κ2) is 12.7. The average molecular weight is 511 g/mol. The van der Waals surface area contributed by atoms with Crippen LogP contribution in [-0.2, 0) is 35.7 Å². The number of nitrogens with one attached hydrogen (secondary N) is 1. The van der Waals surface area contributed by atoms with Gasteiger partial charge in [0.25, 0.3) is 0 Å². The van der Waals surface area contributed by atoms with Crippen molar-refractivity contribution in [3.05, 3.63) is 65.7 Å². The van der Waals surface area contributed by atoms with Crippen molar-refractivity contribution in [2.45, 2.75) is 52.2 Å². The van der Waals surface area contributed by atoms with Crippen molar-refractivity contribution in [3.8, 4) is 5.75 Å². The van der Waals surface area contributed by atoms with Gasteiger partial charge in [-0.25, -0.2) is 0 Å². The fourth-order valence-corrected chi connectivity index (χ4v) is 5.01. The van der Waals surface area contributed by atoms with Crippen LogP contribution in [0.3, 0.4) is 0 Å². The van der Waals surface area contributed by atoms with Gasteiger partial charge in [0.1, 0.15) is 12.3 Å². The second-order valence-corrected chi connectivity index (χ2v) is 10.1. The number of carbonyl (C=O) groups is 3. The van der Waals surface area contributed by atoms with Crippen LogP contribution in [-0.4, -0.2) is 60.3 Å². The Balaban J connectivity index is 1.64. The lowest BCUT2D eigenvalue weighted by Gasteiger charge is -2.45. The molecule has 2 aromatic rings. The van der Waals surface area contributed by atoms with Gasteiger partial charge in [0.2, 0.25) is 12.2 Å². The number of amides is 1. The molecule has 1 amide bonds. The maximum atomic E-state index is 13.2. The lowest BCUT2D eigenvalue weighted by molar-refractivity contribution is -0.182. The number of esters is 2. The normalized spacial score (nSPS) is 21.5. The van der Waals surface area contributed by atoms with Crippen LogP contribution in [0.4, 0.5) is 0 Å². The van der Waals surface area contributed by atoms with Crippen LogP contribution in [0.2, 0.25) is 0 Å². The Morgan fingerprint density at radius 1 is 1.14 bits per heavy atom. The van der Waals surface area contributed by atoms with Crippen LogP contribution in [0.1, 0.15) is 45.2 Å². The molecule has 0 bridgehead atoms. The zero-order valence-electron chi connectivity index (χ0n) is 22.1. The molecule has 37 heavy (non-hydrogen) atoms. The van der Waals surface area contributed by atoms with Gasteiger partial charge in [-0.3, -0.25) is 14.4 Å². The summed E-state index contributed by atoms with van der Waals surface area (Å²) in [6.07, 6.45) is 0.426. The highest BCUT2D eigenvalue weighted by atomic mass is 16.7. The Labute approximate surface area is 219 Å². The first kappa shape index (κ1) is 28.2. The minimum atomic E-state index is -1.02. The topological polar surface area (TPSA) is 105 Å². The van der Waals surface area contributed by atoms with Gasteiger partial charge in [-0.05, 0) is 54.0 Å². The summed E-state index contributed by atoms with van der Waals surface area (Å²) in [5, 5.41) is 12.7. The summed E-state index contributed by atoms with van der Waals surface area (Å²) in [5.41, 5.74) is 2.09. The van der Waals surface area contributed by atoms with Crippen molar-refractivity contribution in [1.29, 1.82) is 0 Å². The zero-order valence-corrected chi connectivity index (χ0v) is 22.1. The third-order valence-corrected chi connectivity index (χ3v) is 7.28. The highest BCUT2D eigenvalue weighted by Gasteiger charge is 2.39. The number of hydrogen-bond acceptors (Lipinski definition) is 7. The highest BCUT2D eigenvalue weighted by molar-refractivity contribution is 5.84. The number of benzene rings is 2. The number of nitrogens with zero attached hydrogens (tertiary/aromatic N) is 1. The molecule has 0 saturated carbocycles. The zero-order chi connectivity index (χ0) is 27.0. The van der Waals surface area contributed by atoms with Crippen molar-refractivity contribution in [3.63, 3.8) is 0 Å².